The molecule has 0 aliphatic carbocycles. The van der Waals surface area contributed by atoms with Gasteiger partial charge in [0.15, 0.2) is 5.82 Å². The van der Waals surface area contributed by atoms with E-state index in [-0.39, 0.29) is 25.2 Å². The van der Waals surface area contributed by atoms with Crippen molar-refractivity contribution in [2.24, 2.45) is 0 Å². The lowest BCUT2D eigenvalue weighted by molar-refractivity contribution is -0.120. The first-order valence-corrected chi connectivity index (χ1v) is 10.9. The number of hydrogen-bond donors (Lipinski definition) is 1. The molecule has 10 heteroatoms. The number of carbonyl (C=O) groups is 1. The molecule has 34 heavy (non-hydrogen) atoms. The van der Waals surface area contributed by atoms with Gasteiger partial charge in [0, 0.05) is 39.0 Å². The summed E-state index contributed by atoms with van der Waals surface area (Å²) >= 11 is 0. The van der Waals surface area contributed by atoms with Crippen LogP contribution >= 0.6 is 0 Å². The second-order valence-electron chi connectivity index (χ2n) is 7.94. The maximum atomic E-state index is 13.1. The molecule has 3 aromatic rings. The average Bonchev–Trinajstić information content (AvgIpc) is 3.27. The summed E-state index contributed by atoms with van der Waals surface area (Å²) in [5.41, 5.74) is 2.61. The summed E-state index contributed by atoms with van der Waals surface area (Å²) in [7, 11) is 3.40. The van der Waals surface area contributed by atoms with E-state index >= 15 is 0 Å². The van der Waals surface area contributed by atoms with Gasteiger partial charge in [-0.15, -0.1) is 0 Å². The number of benzene rings is 1. The molecule has 182 valence electrons. The number of ether oxygens (including phenoxy) is 1. The number of methoxy groups -OCH3 is 1. The van der Waals surface area contributed by atoms with E-state index in [1.54, 1.807) is 48.3 Å². The smallest absolute Gasteiger partial charge is 0.249 e. The van der Waals surface area contributed by atoms with Crippen molar-refractivity contribution in [1.29, 1.82) is 0 Å². The molecule has 1 aliphatic heterocycles. The minimum atomic E-state index is -0.287. The first-order valence-electron chi connectivity index (χ1n) is 10.9. The van der Waals surface area contributed by atoms with Crippen LogP contribution in [0.25, 0.3) is 0 Å². The number of rotatable bonds is 9. The number of likely N-dealkylation sites (N-methyl/N-ethyl adjacent to an activating group) is 1. The molecule has 4 rings (SSSR count). The van der Waals surface area contributed by atoms with E-state index in [0.717, 1.165) is 11.1 Å². The van der Waals surface area contributed by atoms with Gasteiger partial charge in [-0.25, -0.2) is 9.37 Å². The number of nitrogens with zero attached hydrogens (tertiary/aromatic N) is 6. The number of nitrogens with one attached hydrogen (secondary N) is 1. The molecule has 0 saturated heterocycles. The van der Waals surface area contributed by atoms with Gasteiger partial charge in [-0.2, -0.15) is 10.1 Å². The zero-order chi connectivity index (χ0) is 23.4. The predicted molar refractivity (Wildman–Crippen MR) is 131 cm³/mol. The number of anilines is 3. The molecular weight excluding hydrogens is 437 g/mol. The predicted octanol–water partition coefficient (Wildman–Crippen LogP) is 3.32. The number of hydrogen-bond acceptors (Lipinski definition) is 7. The Balaban J connectivity index is 0.00000324. The Hall–Kier alpha value is -3.53. The third kappa shape index (κ3) is 5.33. The molecule has 0 spiro atoms. The highest BCUT2D eigenvalue weighted by atomic mass is 19.1. The average molecular weight is 470 g/mol. The summed E-state index contributed by atoms with van der Waals surface area (Å²) in [6.07, 6.45) is 6.05. The largest absolute Gasteiger partial charge is 0.383 e. The minimum Gasteiger partial charge on any atom is -0.383 e. The van der Waals surface area contributed by atoms with Crippen molar-refractivity contribution in [3.8, 4) is 0 Å². The summed E-state index contributed by atoms with van der Waals surface area (Å²) in [6.45, 7) is 4.10. The van der Waals surface area contributed by atoms with E-state index in [2.05, 4.69) is 15.4 Å². The minimum absolute atomic E-state index is 0. The summed E-state index contributed by atoms with van der Waals surface area (Å²) in [5.74, 6) is 0.959. The summed E-state index contributed by atoms with van der Waals surface area (Å²) in [6, 6.07) is 6.09. The fourth-order valence-electron chi connectivity index (χ4n) is 3.91. The fraction of sp³-hybridized carbons (Fsp3) is 0.417. The van der Waals surface area contributed by atoms with Crippen molar-refractivity contribution in [2.75, 3.05) is 42.4 Å². The molecule has 1 aliphatic rings. The van der Waals surface area contributed by atoms with Crippen LogP contribution in [0.3, 0.4) is 0 Å². The summed E-state index contributed by atoms with van der Waals surface area (Å²) < 4.78 is 20.1. The summed E-state index contributed by atoms with van der Waals surface area (Å²) in [5, 5.41) is 7.62. The Morgan fingerprint density at radius 1 is 1.18 bits per heavy atom. The topological polar surface area (TPSA) is 88.4 Å². The molecule has 0 fully saturated rings. The standard InChI is InChI=1S/C23H28FN7O2.CH4/c1-4-19-22(32)29(2)20-13-26-23(28-21(20)31(19)9-10-33-3)25-11-17-12-27-30(15-17)14-16-5-7-18(24)8-6-16;/h5-8,12-13,15,19H,4,9-11,14H2,1-3H3,(H,25,26,28);1H4/t19-;/m1./s1. The zero-order valence-electron chi connectivity index (χ0n) is 19.0. The van der Waals surface area contributed by atoms with Gasteiger partial charge in [-0.3, -0.25) is 9.48 Å². The molecule has 1 atom stereocenters. The third-order valence-corrected chi connectivity index (χ3v) is 5.69. The summed E-state index contributed by atoms with van der Waals surface area (Å²) in [4.78, 5) is 25.5. The van der Waals surface area contributed by atoms with E-state index in [1.807, 2.05) is 18.0 Å². The molecule has 0 saturated carbocycles. The van der Waals surface area contributed by atoms with Crippen LogP contribution < -0.4 is 15.1 Å². The van der Waals surface area contributed by atoms with Crippen molar-refractivity contribution < 1.29 is 13.9 Å². The van der Waals surface area contributed by atoms with Crippen LogP contribution in [0.2, 0.25) is 0 Å². The second kappa shape index (κ2) is 11.1. The fourth-order valence-corrected chi connectivity index (χ4v) is 3.91. The lowest BCUT2D eigenvalue weighted by Crippen LogP contribution is -2.53. The number of carbonyl (C=O) groups excluding carboxylic acids is 1. The molecule has 0 radical (unpaired) electrons. The van der Waals surface area contributed by atoms with Gasteiger partial charge < -0.3 is 19.9 Å². The molecule has 0 unspecified atom stereocenters. The van der Waals surface area contributed by atoms with E-state index in [9.17, 15) is 9.18 Å². The van der Waals surface area contributed by atoms with E-state index in [4.69, 9.17) is 9.72 Å². The van der Waals surface area contributed by atoms with Crippen LogP contribution in [0, 0.1) is 5.82 Å². The highest BCUT2D eigenvalue weighted by molar-refractivity contribution is 6.04. The van der Waals surface area contributed by atoms with Crippen molar-refractivity contribution in [2.45, 2.75) is 39.9 Å². The normalized spacial score (nSPS) is 15.2. The number of halogens is 1. The monoisotopic (exact) mass is 469 g/mol. The first-order chi connectivity index (χ1) is 16.0. The number of aromatic nitrogens is 4. The van der Waals surface area contributed by atoms with E-state index in [1.165, 1.54) is 12.1 Å². The number of amides is 1. The van der Waals surface area contributed by atoms with Gasteiger partial charge in [-0.1, -0.05) is 26.5 Å². The van der Waals surface area contributed by atoms with Gasteiger partial charge in [0.05, 0.1) is 25.5 Å². The van der Waals surface area contributed by atoms with Gasteiger partial charge >= 0.3 is 0 Å². The second-order valence-corrected chi connectivity index (χ2v) is 7.94. The van der Waals surface area contributed by atoms with Gasteiger partial charge in [0.25, 0.3) is 0 Å². The lowest BCUT2D eigenvalue weighted by atomic mass is 10.1. The van der Waals surface area contributed by atoms with Crippen LogP contribution in [-0.2, 0) is 22.6 Å². The van der Waals surface area contributed by atoms with Crippen LogP contribution in [0.1, 0.15) is 31.9 Å². The van der Waals surface area contributed by atoms with E-state index in [0.29, 0.717) is 50.1 Å². The van der Waals surface area contributed by atoms with Crippen molar-refractivity contribution in [3.05, 3.63) is 59.8 Å². The van der Waals surface area contributed by atoms with Gasteiger partial charge in [-0.05, 0) is 24.1 Å². The molecule has 2 aromatic heterocycles. The molecular formula is C24H32FN7O2. The quantitative estimate of drug-likeness (QED) is 0.514. The Morgan fingerprint density at radius 3 is 2.65 bits per heavy atom. The molecule has 9 nitrogen and oxygen atoms in total. The van der Waals surface area contributed by atoms with E-state index < -0.39 is 0 Å². The Bertz CT molecular complexity index is 1100. The van der Waals surface area contributed by atoms with Crippen LogP contribution in [-0.4, -0.2) is 59.0 Å². The molecule has 1 amide bonds. The Kier molecular flexibility index (Phi) is 8.17. The van der Waals surface area contributed by atoms with Crippen molar-refractivity contribution in [1.82, 2.24) is 19.7 Å². The highest BCUT2D eigenvalue weighted by Crippen LogP contribution is 2.34. The van der Waals surface area contributed by atoms with Crippen molar-refractivity contribution >= 4 is 23.4 Å². The SMILES string of the molecule is C.CC[C@@H]1C(=O)N(C)c2cnc(NCc3cnn(Cc4ccc(F)cc4)c3)nc2N1CCOC. The lowest BCUT2D eigenvalue weighted by Gasteiger charge is -2.40. The van der Waals surface area contributed by atoms with Crippen molar-refractivity contribution in [3.63, 3.8) is 0 Å². The Labute approximate surface area is 199 Å². The van der Waals surface area contributed by atoms with Gasteiger partial charge in [0.2, 0.25) is 11.9 Å². The van der Waals surface area contributed by atoms with Gasteiger partial charge in [0.1, 0.15) is 17.5 Å². The molecule has 3 heterocycles. The zero-order valence-corrected chi connectivity index (χ0v) is 19.0. The third-order valence-electron chi connectivity index (χ3n) is 5.69. The van der Waals surface area contributed by atoms with Crippen LogP contribution in [0.15, 0.2) is 42.9 Å². The van der Waals surface area contributed by atoms with Crippen LogP contribution in [0.5, 0.6) is 0 Å². The first kappa shape index (κ1) is 25.1. The number of fused-ring (bicyclic) bond motifs is 1. The van der Waals surface area contributed by atoms with Crippen LogP contribution in [0.4, 0.5) is 21.8 Å². The highest BCUT2D eigenvalue weighted by Gasteiger charge is 2.36. The molecule has 0 bridgehead atoms. The maximum absolute atomic E-state index is 13.1. The Morgan fingerprint density at radius 2 is 1.94 bits per heavy atom. The molecule has 1 N–H and O–H groups in total. The molecule has 1 aromatic carbocycles. The maximum Gasteiger partial charge on any atom is 0.249 e.